The molecular weight excluding hydrogens is 87.0 g/mol. The molecule has 0 aromatic heterocycles. The highest BCUT2D eigenvalue weighted by molar-refractivity contribution is 7.47. The zero-order chi connectivity index (χ0) is 3.70. The quantitative estimate of drug-likeness (QED) is 0.414. The van der Waals surface area contributed by atoms with Gasteiger partial charge in [0.25, 0.3) is 0 Å². The lowest BCUT2D eigenvalue weighted by atomic mass is 11.5. The third-order valence-corrected chi connectivity index (χ3v) is 1.41. The lowest BCUT2D eigenvalue weighted by Crippen LogP contribution is -2.02. The van der Waals surface area contributed by atoms with Crippen molar-refractivity contribution in [1.29, 1.82) is 0 Å². The van der Waals surface area contributed by atoms with Crippen LogP contribution in [0.1, 0.15) is 0 Å². The van der Waals surface area contributed by atoms with E-state index in [-0.39, 0.29) is 0 Å². The molecule has 0 bridgehead atoms. The maximum absolute atomic E-state index is 4.77. The first kappa shape index (κ1) is 3.54. The molecule has 1 saturated heterocycles. The Morgan fingerprint density at radius 3 is 2.00 bits per heavy atom. The van der Waals surface area contributed by atoms with Crippen molar-refractivity contribution in [2.45, 2.75) is 0 Å². The van der Waals surface area contributed by atoms with Gasteiger partial charge in [-0.25, -0.2) is 0 Å². The lowest BCUT2D eigenvalue weighted by molar-refractivity contribution is 0.0415. The van der Waals surface area contributed by atoms with Gasteiger partial charge in [-0.15, -0.1) is 0 Å². The summed E-state index contributed by atoms with van der Waals surface area (Å²) in [7, 11) is -0.418. The van der Waals surface area contributed by atoms with Crippen molar-refractivity contribution >= 4 is 8.38 Å². The highest BCUT2D eigenvalue weighted by atomic mass is 31.2. The Hall–Kier alpha value is 0.350. The van der Waals surface area contributed by atoms with Gasteiger partial charge in [-0.1, -0.05) is 0 Å². The Bertz CT molecular complexity index is 34.6. The minimum atomic E-state index is -0.418. The van der Waals surface area contributed by atoms with Gasteiger partial charge in [0, 0.05) is 6.66 Å². The Balaban J connectivity index is 2.08. The summed E-state index contributed by atoms with van der Waals surface area (Å²) in [5, 5.41) is 0. The van der Waals surface area contributed by atoms with E-state index < -0.39 is 8.38 Å². The second-order valence-electron chi connectivity index (χ2n) is 0.816. The largest absolute Gasteiger partial charge is 0.306 e. The molecule has 1 rings (SSSR count). The maximum atomic E-state index is 4.77. The van der Waals surface area contributed by atoms with Crippen molar-refractivity contribution in [3.63, 3.8) is 0 Å². The highest BCUT2D eigenvalue weighted by Crippen LogP contribution is 2.41. The van der Waals surface area contributed by atoms with Crippen molar-refractivity contribution in [3.8, 4) is 0 Å². The SMILES string of the molecule is CP1OCO1. The molecule has 0 spiro atoms. The zero-order valence-corrected chi connectivity index (χ0v) is 3.87. The minimum absolute atomic E-state index is 0.418. The lowest BCUT2D eigenvalue weighted by Gasteiger charge is -2.20. The van der Waals surface area contributed by atoms with Crippen LogP contribution < -0.4 is 0 Å². The smallest absolute Gasteiger partial charge is 0.171 e. The highest BCUT2D eigenvalue weighted by Gasteiger charge is 2.10. The zero-order valence-electron chi connectivity index (χ0n) is 2.97. The predicted molar refractivity (Wildman–Crippen MR) is 19.9 cm³/mol. The van der Waals surface area contributed by atoms with Crippen molar-refractivity contribution in [2.24, 2.45) is 0 Å². The molecule has 0 aliphatic carbocycles. The van der Waals surface area contributed by atoms with E-state index in [1.165, 1.54) is 0 Å². The fourth-order valence-electron chi connectivity index (χ4n) is 0.158. The van der Waals surface area contributed by atoms with E-state index in [4.69, 9.17) is 9.05 Å². The summed E-state index contributed by atoms with van der Waals surface area (Å²) in [6.45, 7) is 2.45. The van der Waals surface area contributed by atoms with Crippen molar-refractivity contribution in [1.82, 2.24) is 0 Å². The molecule has 0 unspecified atom stereocenters. The minimum Gasteiger partial charge on any atom is -0.306 e. The van der Waals surface area contributed by atoms with Crippen LogP contribution in [0, 0.1) is 0 Å². The van der Waals surface area contributed by atoms with Crippen molar-refractivity contribution in [3.05, 3.63) is 0 Å². The topological polar surface area (TPSA) is 18.5 Å². The van der Waals surface area contributed by atoms with E-state index in [1.54, 1.807) is 0 Å². The van der Waals surface area contributed by atoms with E-state index in [1.807, 2.05) is 6.66 Å². The van der Waals surface area contributed by atoms with Gasteiger partial charge in [-0.05, 0) is 0 Å². The molecule has 0 aromatic rings. The molecule has 5 heavy (non-hydrogen) atoms. The monoisotopic (exact) mass is 92.0 g/mol. The fourth-order valence-corrected chi connectivity index (χ4v) is 0.474. The summed E-state index contributed by atoms with van der Waals surface area (Å²) < 4.78 is 9.55. The van der Waals surface area contributed by atoms with Crippen LogP contribution in [0.25, 0.3) is 0 Å². The average Bonchev–Trinajstić information content (AvgIpc) is 1.30. The van der Waals surface area contributed by atoms with Gasteiger partial charge < -0.3 is 9.05 Å². The first-order valence-electron chi connectivity index (χ1n) is 1.39. The average molecular weight is 92.0 g/mol. The normalized spacial score (nSPS) is 25.8. The Labute approximate surface area is 32.0 Å². The Morgan fingerprint density at radius 1 is 1.60 bits per heavy atom. The molecule has 2 nitrogen and oxygen atoms in total. The second kappa shape index (κ2) is 1.21. The number of rotatable bonds is 0. The number of hydrogen-bond donors (Lipinski definition) is 0. The molecule has 3 heteroatoms. The van der Waals surface area contributed by atoms with Crippen molar-refractivity contribution in [2.75, 3.05) is 13.5 Å². The van der Waals surface area contributed by atoms with Gasteiger partial charge in [0.15, 0.2) is 15.2 Å². The van der Waals surface area contributed by atoms with Crippen molar-refractivity contribution < 1.29 is 9.05 Å². The molecule has 0 radical (unpaired) electrons. The summed E-state index contributed by atoms with van der Waals surface area (Å²) in [6.07, 6.45) is 0. The van der Waals surface area contributed by atoms with Crippen LogP contribution in [-0.4, -0.2) is 13.5 Å². The fraction of sp³-hybridized carbons (Fsp3) is 1.00. The summed E-state index contributed by atoms with van der Waals surface area (Å²) in [5.74, 6) is 0. The van der Waals surface area contributed by atoms with Gasteiger partial charge in [0.2, 0.25) is 0 Å². The Morgan fingerprint density at radius 2 is 2.00 bits per heavy atom. The van der Waals surface area contributed by atoms with Crippen LogP contribution in [-0.2, 0) is 9.05 Å². The molecule has 1 fully saturated rings. The summed E-state index contributed by atoms with van der Waals surface area (Å²) in [6, 6.07) is 0. The molecular formula is C2H5O2P. The molecule has 0 amide bonds. The van der Waals surface area contributed by atoms with E-state index in [0.29, 0.717) is 6.79 Å². The standard InChI is InChI=1S/C2H5O2P/c1-5-3-2-4-5/h2H2,1H3. The van der Waals surface area contributed by atoms with Crippen LogP contribution >= 0.6 is 8.38 Å². The van der Waals surface area contributed by atoms with E-state index in [0.717, 1.165) is 0 Å². The van der Waals surface area contributed by atoms with Crippen LogP contribution in [0.4, 0.5) is 0 Å². The van der Waals surface area contributed by atoms with Gasteiger partial charge in [0.1, 0.15) is 0 Å². The van der Waals surface area contributed by atoms with Gasteiger partial charge in [-0.2, -0.15) is 0 Å². The van der Waals surface area contributed by atoms with Gasteiger partial charge >= 0.3 is 0 Å². The third kappa shape index (κ3) is 0.596. The molecule has 1 heterocycles. The third-order valence-electron chi connectivity index (χ3n) is 0.469. The van der Waals surface area contributed by atoms with Crippen LogP contribution in [0.15, 0.2) is 0 Å². The first-order chi connectivity index (χ1) is 2.39. The van der Waals surface area contributed by atoms with Crippen LogP contribution in [0.3, 0.4) is 0 Å². The second-order valence-corrected chi connectivity index (χ2v) is 2.21. The Kier molecular flexibility index (Phi) is 0.856. The first-order valence-corrected chi connectivity index (χ1v) is 3.01. The molecule has 30 valence electrons. The predicted octanol–water partition coefficient (Wildman–Crippen LogP) is 0.932. The summed E-state index contributed by atoms with van der Waals surface area (Å²) >= 11 is 0. The van der Waals surface area contributed by atoms with E-state index >= 15 is 0 Å². The van der Waals surface area contributed by atoms with E-state index in [2.05, 4.69) is 0 Å². The van der Waals surface area contributed by atoms with Gasteiger partial charge in [-0.3, -0.25) is 0 Å². The summed E-state index contributed by atoms with van der Waals surface area (Å²) in [4.78, 5) is 0. The summed E-state index contributed by atoms with van der Waals surface area (Å²) in [5.41, 5.74) is 0. The van der Waals surface area contributed by atoms with Crippen LogP contribution in [0.2, 0.25) is 0 Å². The van der Waals surface area contributed by atoms with E-state index in [9.17, 15) is 0 Å². The molecule has 1 aliphatic rings. The van der Waals surface area contributed by atoms with Gasteiger partial charge in [0.05, 0.1) is 0 Å². The molecule has 0 aromatic carbocycles. The molecule has 0 saturated carbocycles. The van der Waals surface area contributed by atoms with Crippen LogP contribution in [0.5, 0.6) is 0 Å². The molecule has 0 atom stereocenters. The number of hydrogen-bond acceptors (Lipinski definition) is 2. The molecule has 0 N–H and O–H groups in total. The maximum Gasteiger partial charge on any atom is 0.171 e. The molecule has 1 aliphatic heterocycles.